The van der Waals surface area contributed by atoms with Gasteiger partial charge in [0.25, 0.3) is 0 Å². The molecular weight excluding hydrogens is 366 g/mol. The molecule has 7 heteroatoms. The van der Waals surface area contributed by atoms with Crippen molar-refractivity contribution >= 4 is 34.5 Å². The van der Waals surface area contributed by atoms with Gasteiger partial charge in [-0.1, -0.05) is 18.5 Å². The molecule has 0 spiro atoms. The Hall–Kier alpha value is -2.21. The second kappa shape index (κ2) is 7.08. The Kier molecular flexibility index (Phi) is 5.12. The molecule has 0 aliphatic carbocycles. The number of H-pyrrole nitrogens is 1. The molecule has 1 aliphatic heterocycles. The number of hydrogen-bond donors (Lipinski definition) is 2. The molecule has 3 rings (SSSR count). The summed E-state index contributed by atoms with van der Waals surface area (Å²) in [5.41, 5.74) is 7.92. The lowest BCUT2D eigenvalue weighted by Crippen LogP contribution is -2.44. The van der Waals surface area contributed by atoms with Crippen molar-refractivity contribution in [3.8, 4) is 0 Å². The second-order valence-electron chi connectivity index (χ2n) is 8.19. The Bertz CT molecular complexity index is 884. The third-order valence-electron chi connectivity index (χ3n) is 4.90. The Morgan fingerprint density at radius 2 is 2.11 bits per heavy atom. The zero-order valence-electron chi connectivity index (χ0n) is 16.1. The van der Waals surface area contributed by atoms with E-state index in [9.17, 15) is 9.59 Å². The van der Waals surface area contributed by atoms with Crippen LogP contribution in [0.4, 0.5) is 4.79 Å². The molecule has 0 radical (unpaired) electrons. The first-order valence-electron chi connectivity index (χ1n) is 9.15. The number of fused-ring (bicyclic) bond motifs is 3. The van der Waals surface area contributed by atoms with Crippen molar-refractivity contribution in [3.05, 3.63) is 34.5 Å². The summed E-state index contributed by atoms with van der Waals surface area (Å²) < 4.78 is 5.59. The van der Waals surface area contributed by atoms with Gasteiger partial charge in [-0.25, -0.2) is 4.79 Å². The highest BCUT2D eigenvalue weighted by Crippen LogP contribution is 2.39. The van der Waals surface area contributed by atoms with Crippen molar-refractivity contribution in [2.24, 2.45) is 11.7 Å². The van der Waals surface area contributed by atoms with Gasteiger partial charge in [0.1, 0.15) is 5.60 Å². The first-order chi connectivity index (χ1) is 12.6. The number of nitrogens with one attached hydrogen (secondary N) is 1. The summed E-state index contributed by atoms with van der Waals surface area (Å²) in [5.74, 6) is -0.758. The molecule has 2 amide bonds. The number of nitrogens with zero attached hydrogens (tertiary/aromatic N) is 1. The monoisotopic (exact) mass is 391 g/mol. The zero-order chi connectivity index (χ0) is 19.9. The van der Waals surface area contributed by atoms with Crippen LogP contribution in [-0.4, -0.2) is 34.0 Å². The maximum Gasteiger partial charge on any atom is 0.410 e. The molecular formula is C20H26ClN3O3. The summed E-state index contributed by atoms with van der Waals surface area (Å²) in [6.07, 6.45) is 0.741. The summed E-state index contributed by atoms with van der Waals surface area (Å²) >= 11 is 6.17. The number of ether oxygens (including phenoxy) is 1. The molecule has 1 aromatic heterocycles. The number of carbonyl (C=O) groups is 2. The van der Waals surface area contributed by atoms with E-state index in [1.54, 1.807) is 11.8 Å². The molecule has 0 saturated carbocycles. The summed E-state index contributed by atoms with van der Waals surface area (Å²) in [5, 5.41) is 1.72. The first-order valence-corrected chi connectivity index (χ1v) is 9.53. The van der Waals surface area contributed by atoms with Gasteiger partial charge in [-0.15, -0.1) is 0 Å². The van der Waals surface area contributed by atoms with Gasteiger partial charge in [-0.05, 0) is 57.4 Å². The molecule has 0 bridgehead atoms. The van der Waals surface area contributed by atoms with Crippen LogP contribution in [0.1, 0.15) is 51.4 Å². The lowest BCUT2D eigenvalue weighted by Gasteiger charge is -2.37. The van der Waals surface area contributed by atoms with E-state index >= 15 is 0 Å². The minimum Gasteiger partial charge on any atom is -0.444 e. The number of amides is 2. The molecule has 1 aliphatic rings. The van der Waals surface area contributed by atoms with Crippen molar-refractivity contribution in [1.82, 2.24) is 9.88 Å². The molecule has 0 fully saturated rings. The molecule has 146 valence electrons. The molecule has 2 unspecified atom stereocenters. The van der Waals surface area contributed by atoms with E-state index in [0.717, 1.165) is 22.2 Å². The smallest absolute Gasteiger partial charge is 0.410 e. The van der Waals surface area contributed by atoms with Crippen molar-refractivity contribution in [2.45, 2.75) is 52.2 Å². The minimum atomic E-state index is -0.592. The van der Waals surface area contributed by atoms with Crippen molar-refractivity contribution < 1.29 is 14.3 Å². The van der Waals surface area contributed by atoms with E-state index in [-0.39, 0.29) is 24.0 Å². The molecule has 6 nitrogen and oxygen atoms in total. The number of benzene rings is 1. The molecule has 3 N–H and O–H groups in total. The Morgan fingerprint density at radius 1 is 1.41 bits per heavy atom. The number of carbonyl (C=O) groups excluding carboxylic acids is 2. The average molecular weight is 392 g/mol. The van der Waals surface area contributed by atoms with Crippen LogP contribution in [0.5, 0.6) is 0 Å². The molecule has 27 heavy (non-hydrogen) atoms. The van der Waals surface area contributed by atoms with Gasteiger partial charge in [-0.2, -0.15) is 0 Å². The summed E-state index contributed by atoms with van der Waals surface area (Å²) in [4.78, 5) is 29.6. The van der Waals surface area contributed by atoms with Crippen molar-refractivity contribution in [3.63, 3.8) is 0 Å². The zero-order valence-corrected chi connectivity index (χ0v) is 16.9. The van der Waals surface area contributed by atoms with E-state index < -0.39 is 5.60 Å². The van der Waals surface area contributed by atoms with Crippen LogP contribution in [0.2, 0.25) is 5.02 Å². The van der Waals surface area contributed by atoms with E-state index in [0.29, 0.717) is 24.4 Å². The van der Waals surface area contributed by atoms with Gasteiger partial charge in [0, 0.05) is 34.1 Å². The van der Waals surface area contributed by atoms with Gasteiger partial charge in [0.05, 0.1) is 6.04 Å². The van der Waals surface area contributed by atoms with Crippen LogP contribution in [0.15, 0.2) is 18.2 Å². The number of aromatic nitrogens is 1. The highest BCUT2D eigenvalue weighted by Gasteiger charge is 2.37. The predicted molar refractivity (Wildman–Crippen MR) is 106 cm³/mol. The van der Waals surface area contributed by atoms with Gasteiger partial charge in [0.15, 0.2) is 0 Å². The van der Waals surface area contributed by atoms with Crippen LogP contribution in [0.25, 0.3) is 10.9 Å². The summed E-state index contributed by atoms with van der Waals surface area (Å²) in [6, 6.07) is 5.39. The molecule has 0 saturated heterocycles. The Balaban J connectivity index is 2.03. The van der Waals surface area contributed by atoms with Crippen LogP contribution in [-0.2, 0) is 16.0 Å². The van der Waals surface area contributed by atoms with Crippen LogP contribution in [0.3, 0.4) is 0 Å². The third-order valence-corrected chi connectivity index (χ3v) is 5.14. The van der Waals surface area contributed by atoms with E-state index in [4.69, 9.17) is 22.1 Å². The lowest BCUT2D eigenvalue weighted by molar-refractivity contribution is -0.122. The van der Waals surface area contributed by atoms with Crippen LogP contribution < -0.4 is 5.73 Å². The fourth-order valence-electron chi connectivity index (χ4n) is 3.57. The van der Waals surface area contributed by atoms with E-state index in [1.165, 1.54) is 0 Å². The SMILES string of the molecule is CC(CC1c2[nH]c3ccc(Cl)cc3c2CCN1C(=O)OC(C)(C)C)C(N)=O. The number of aromatic amines is 1. The molecule has 2 heterocycles. The normalized spacial score (nSPS) is 18.3. The second-order valence-corrected chi connectivity index (χ2v) is 8.62. The molecule has 2 atom stereocenters. The number of halogens is 1. The Morgan fingerprint density at radius 3 is 2.74 bits per heavy atom. The first kappa shape index (κ1) is 19.5. The largest absolute Gasteiger partial charge is 0.444 e. The quantitative estimate of drug-likeness (QED) is 0.822. The number of hydrogen-bond acceptors (Lipinski definition) is 3. The maximum absolute atomic E-state index is 12.8. The van der Waals surface area contributed by atoms with E-state index in [1.807, 2.05) is 39.0 Å². The fourth-order valence-corrected chi connectivity index (χ4v) is 3.75. The van der Waals surface area contributed by atoms with Crippen LogP contribution in [0, 0.1) is 5.92 Å². The fraction of sp³-hybridized carbons (Fsp3) is 0.500. The average Bonchev–Trinajstić information content (AvgIpc) is 2.91. The highest BCUT2D eigenvalue weighted by molar-refractivity contribution is 6.31. The molecule has 2 aromatic rings. The highest BCUT2D eigenvalue weighted by atomic mass is 35.5. The number of nitrogens with two attached hydrogens (primary N) is 1. The van der Waals surface area contributed by atoms with E-state index in [2.05, 4.69) is 4.98 Å². The molecule has 1 aromatic carbocycles. The number of primary amides is 1. The van der Waals surface area contributed by atoms with Crippen molar-refractivity contribution in [1.29, 1.82) is 0 Å². The third kappa shape index (κ3) is 4.05. The summed E-state index contributed by atoms with van der Waals surface area (Å²) in [7, 11) is 0. The predicted octanol–water partition coefficient (Wildman–Crippen LogP) is 4.17. The number of rotatable bonds is 3. The van der Waals surface area contributed by atoms with Gasteiger partial charge >= 0.3 is 6.09 Å². The standard InChI is InChI=1S/C20H26ClN3O3/c1-11(18(22)25)9-16-17-13(14-10-12(21)5-6-15(14)23-17)7-8-24(16)19(26)27-20(2,3)4/h5-6,10-11,16,23H,7-9H2,1-4H3,(H2,22,25). The summed E-state index contributed by atoms with van der Waals surface area (Å²) in [6.45, 7) is 7.81. The Labute approximate surface area is 164 Å². The van der Waals surface area contributed by atoms with Gasteiger partial charge < -0.3 is 15.5 Å². The maximum atomic E-state index is 12.8. The van der Waals surface area contributed by atoms with Gasteiger partial charge in [-0.3, -0.25) is 9.69 Å². The van der Waals surface area contributed by atoms with Gasteiger partial charge in [0.2, 0.25) is 5.91 Å². The lowest BCUT2D eigenvalue weighted by atomic mass is 9.91. The van der Waals surface area contributed by atoms with Crippen molar-refractivity contribution in [2.75, 3.05) is 6.54 Å². The minimum absolute atomic E-state index is 0.308. The van der Waals surface area contributed by atoms with Crippen LogP contribution >= 0.6 is 11.6 Å². The topological polar surface area (TPSA) is 88.4 Å².